The van der Waals surface area contributed by atoms with E-state index in [9.17, 15) is 4.79 Å². The molecule has 11 heavy (non-hydrogen) atoms. The maximum absolute atomic E-state index is 10.7. The molecule has 0 aromatic heterocycles. The number of carbonyl (C=O) groups excluding carboxylic acids is 1. The van der Waals surface area contributed by atoms with Crippen LogP contribution < -0.4 is 5.32 Å². The van der Waals surface area contributed by atoms with Gasteiger partial charge in [0, 0.05) is 12.5 Å². The van der Waals surface area contributed by atoms with Crippen LogP contribution in [0.5, 0.6) is 0 Å². The Balaban J connectivity index is 2.15. The molecular formula is C9H15NO. The van der Waals surface area contributed by atoms with Gasteiger partial charge in [-0.1, -0.05) is 6.42 Å². The van der Waals surface area contributed by atoms with Crippen LogP contribution in [0.4, 0.5) is 0 Å². The molecule has 2 unspecified atom stereocenters. The fourth-order valence-corrected chi connectivity index (χ4v) is 2.67. The summed E-state index contributed by atoms with van der Waals surface area (Å²) >= 11 is 0. The van der Waals surface area contributed by atoms with Gasteiger partial charge in [0.2, 0.25) is 0 Å². The lowest BCUT2D eigenvalue weighted by molar-refractivity contribution is -0.113. The molecule has 1 N–H and O–H groups in total. The molecule has 0 amide bonds. The number of nitrogens with one attached hydrogen (secondary N) is 1. The summed E-state index contributed by atoms with van der Waals surface area (Å²) in [6, 6.07) is 0. The van der Waals surface area contributed by atoms with Crippen molar-refractivity contribution in [1.82, 2.24) is 5.32 Å². The Morgan fingerprint density at radius 1 is 1.45 bits per heavy atom. The van der Waals surface area contributed by atoms with Gasteiger partial charge >= 0.3 is 0 Å². The fraction of sp³-hybridized carbons (Fsp3) is 0.889. The fourth-order valence-electron chi connectivity index (χ4n) is 2.67. The van der Waals surface area contributed by atoms with Crippen LogP contribution in [-0.2, 0) is 4.79 Å². The predicted molar refractivity (Wildman–Crippen MR) is 43.3 cm³/mol. The highest BCUT2D eigenvalue weighted by Gasteiger charge is 2.44. The molecule has 0 aromatic rings. The Morgan fingerprint density at radius 3 is 3.00 bits per heavy atom. The molecule has 2 heteroatoms. The average molecular weight is 153 g/mol. The minimum absolute atomic E-state index is 0.359. The van der Waals surface area contributed by atoms with E-state index < -0.39 is 0 Å². The lowest BCUT2D eigenvalue weighted by Gasteiger charge is -2.25. The smallest absolute Gasteiger partial charge is 0.123 e. The van der Waals surface area contributed by atoms with Crippen molar-refractivity contribution in [3.63, 3.8) is 0 Å². The molecule has 2 fully saturated rings. The first-order valence-electron chi connectivity index (χ1n) is 4.53. The minimum Gasteiger partial charge on any atom is -0.316 e. The van der Waals surface area contributed by atoms with Gasteiger partial charge in [-0.25, -0.2) is 0 Å². The molecule has 2 aliphatic rings. The van der Waals surface area contributed by atoms with Crippen LogP contribution in [0.15, 0.2) is 0 Å². The lowest BCUT2D eigenvalue weighted by Crippen LogP contribution is -2.28. The molecule has 1 aliphatic carbocycles. The summed E-state index contributed by atoms with van der Waals surface area (Å²) in [5.74, 6) is 0.359. The zero-order chi connectivity index (χ0) is 7.73. The van der Waals surface area contributed by atoms with Gasteiger partial charge in [0.15, 0.2) is 0 Å². The van der Waals surface area contributed by atoms with Crippen molar-refractivity contribution < 1.29 is 4.79 Å². The van der Waals surface area contributed by atoms with Crippen molar-refractivity contribution in [2.45, 2.75) is 25.7 Å². The van der Waals surface area contributed by atoms with Crippen molar-refractivity contribution in [3.05, 3.63) is 0 Å². The topological polar surface area (TPSA) is 29.1 Å². The summed E-state index contributed by atoms with van der Waals surface area (Å²) in [5.41, 5.74) is 0.377. The molecule has 1 saturated heterocycles. The molecule has 0 aromatic carbocycles. The van der Waals surface area contributed by atoms with Crippen LogP contribution in [0.1, 0.15) is 25.7 Å². The molecule has 62 valence electrons. The van der Waals surface area contributed by atoms with E-state index in [0.717, 1.165) is 19.5 Å². The quantitative estimate of drug-likeness (QED) is 0.569. The molecule has 0 bridgehead atoms. The van der Waals surface area contributed by atoms with Crippen LogP contribution in [0.25, 0.3) is 0 Å². The van der Waals surface area contributed by atoms with Crippen molar-refractivity contribution >= 4 is 6.29 Å². The number of hydrogen-bond donors (Lipinski definition) is 1. The van der Waals surface area contributed by atoms with Crippen molar-refractivity contribution in [3.8, 4) is 0 Å². The highest BCUT2D eigenvalue weighted by atomic mass is 16.1. The summed E-state index contributed by atoms with van der Waals surface area (Å²) in [6.07, 6.45) is 6.05. The van der Waals surface area contributed by atoms with Crippen LogP contribution in [-0.4, -0.2) is 19.4 Å². The largest absolute Gasteiger partial charge is 0.316 e. The van der Waals surface area contributed by atoms with Gasteiger partial charge in [-0.3, -0.25) is 0 Å². The van der Waals surface area contributed by atoms with E-state index in [0.29, 0.717) is 11.3 Å². The van der Waals surface area contributed by atoms with Crippen LogP contribution in [0.3, 0.4) is 0 Å². The average Bonchev–Trinajstić information content (AvgIpc) is 2.62. The Hall–Kier alpha value is -0.370. The lowest BCUT2D eigenvalue weighted by atomic mass is 9.78. The third kappa shape index (κ3) is 1.00. The van der Waals surface area contributed by atoms with Gasteiger partial charge in [0.05, 0.1) is 0 Å². The summed E-state index contributed by atoms with van der Waals surface area (Å²) in [4.78, 5) is 10.7. The van der Waals surface area contributed by atoms with Crippen molar-refractivity contribution in [2.75, 3.05) is 13.1 Å². The summed E-state index contributed by atoms with van der Waals surface area (Å²) in [6.45, 7) is 2.20. The van der Waals surface area contributed by atoms with Gasteiger partial charge in [0.1, 0.15) is 6.29 Å². The molecule has 0 radical (unpaired) electrons. The summed E-state index contributed by atoms with van der Waals surface area (Å²) in [7, 11) is 0. The Bertz CT molecular complexity index is 155. The van der Waals surface area contributed by atoms with Gasteiger partial charge < -0.3 is 10.1 Å². The predicted octanol–water partition coefficient (Wildman–Crippen LogP) is 0.965. The first-order chi connectivity index (χ1) is 5.37. The summed E-state index contributed by atoms with van der Waals surface area (Å²) in [5, 5.41) is 3.36. The Labute approximate surface area is 67.4 Å². The third-order valence-corrected chi connectivity index (χ3v) is 3.42. The molecule has 1 saturated carbocycles. The van der Waals surface area contributed by atoms with Gasteiger partial charge in [-0.15, -0.1) is 0 Å². The number of rotatable bonds is 1. The van der Waals surface area contributed by atoms with Crippen LogP contribution >= 0.6 is 0 Å². The van der Waals surface area contributed by atoms with Gasteiger partial charge in [-0.05, 0) is 31.2 Å². The van der Waals surface area contributed by atoms with E-state index in [4.69, 9.17) is 0 Å². The second-order valence-corrected chi connectivity index (χ2v) is 3.92. The molecule has 2 atom stereocenters. The van der Waals surface area contributed by atoms with E-state index in [1.54, 1.807) is 0 Å². The van der Waals surface area contributed by atoms with E-state index in [1.165, 1.54) is 25.5 Å². The highest BCUT2D eigenvalue weighted by molar-refractivity contribution is 5.56. The monoisotopic (exact) mass is 153 g/mol. The van der Waals surface area contributed by atoms with E-state index in [1.807, 2.05) is 0 Å². The number of hydrogen-bond acceptors (Lipinski definition) is 2. The first-order valence-corrected chi connectivity index (χ1v) is 4.53. The standard InChI is InChI=1S/C9H15NO/c11-6-8-2-1-3-9(8)4-5-10-7-9/h6,8,10H,1-5,7H2. The molecule has 2 rings (SSSR count). The Kier molecular flexibility index (Phi) is 1.72. The Morgan fingerprint density at radius 2 is 2.36 bits per heavy atom. The third-order valence-electron chi connectivity index (χ3n) is 3.42. The minimum atomic E-state index is 0.359. The second-order valence-electron chi connectivity index (χ2n) is 3.92. The van der Waals surface area contributed by atoms with Gasteiger partial charge in [-0.2, -0.15) is 0 Å². The van der Waals surface area contributed by atoms with E-state index in [2.05, 4.69) is 5.32 Å². The zero-order valence-corrected chi connectivity index (χ0v) is 6.81. The van der Waals surface area contributed by atoms with Crippen LogP contribution in [0.2, 0.25) is 0 Å². The zero-order valence-electron chi connectivity index (χ0n) is 6.81. The molecule has 2 nitrogen and oxygen atoms in total. The highest BCUT2D eigenvalue weighted by Crippen LogP contribution is 2.46. The van der Waals surface area contributed by atoms with Crippen LogP contribution in [0, 0.1) is 11.3 Å². The number of aldehydes is 1. The van der Waals surface area contributed by atoms with Gasteiger partial charge in [0.25, 0.3) is 0 Å². The van der Waals surface area contributed by atoms with Crippen molar-refractivity contribution in [2.24, 2.45) is 11.3 Å². The molecular weight excluding hydrogens is 138 g/mol. The summed E-state index contributed by atoms with van der Waals surface area (Å²) < 4.78 is 0. The molecule has 1 heterocycles. The molecule has 1 aliphatic heterocycles. The maximum atomic E-state index is 10.7. The van der Waals surface area contributed by atoms with E-state index in [-0.39, 0.29) is 0 Å². The number of carbonyl (C=O) groups is 1. The maximum Gasteiger partial charge on any atom is 0.123 e. The first kappa shape index (κ1) is 7.29. The normalized spacial score (nSPS) is 43.5. The molecule has 1 spiro atoms. The van der Waals surface area contributed by atoms with Crippen molar-refractivity contribution in [1.29, 1.82) is 0 Å². The van der Waals surface area contributed by atoms with E-state index >= 15 is 0 Å². The SMILES string of the molecule is O=CC1CCCC12CCNC2. The second kappa shape index (κ2) is 2.59.